The van der Waals surface area contributed by atoms with Crippen LogP contribution >= 0.6 is 0 Å². The summed E-state index contributed by atoms with van der Waals surface area (Å²) in [4.78, 5) is 26.0. The lowest BCUT2D eigenvalue weighted by Gasteiger charge is -2.37. The summed E-state index contributed by atoms with van der Waals surface area (Å²) in [6.07, 6.45) is 1.34. The Morgan fingerprint density at radius 2 is 2.10 bits per heavy atom. The number of halogens is 1. The van der Waals surface area contributed by atoms with Crippen LogP contribution in [0.15, 0.2) is 18.2 Å². The molecule has 2 atom stereocenters. The molecule has 1 aliphatic heterocycles. The summed E-state index contributed by atoms with van der Waals surface area (Å²) in [6, 6.07) is 2.71. The molecule has 1 fully saturated rings. The number of nitrogens with zero attached hydrogens (tertiary/aromatic N) is 1. The molecule has 0 radical (unpaired) electrons. The fourth-order valence-corrected chi connectivity index (χ4v) is 2.49. The van der Waals surface area contributed by atoms with E-state index in [1.54, 1.807) is 6.92 Å². The van der Waals surface area contributed by atoms with E-state index in [0.717, 1.165) is 6.42 Å². The molecule has 2 unspecified atom stereocenters. The smallest absolute Gasteiger partial charge is 0.250 e. The van der Waals surface area contributed by atoms with Gasteiger partial charge in [0.1, 0.15) is 23.7 Å². The molecule has 1 aromatic rings. The van der Waals surface area contributed by atoms with Gasteiger partial charge in [-0.25, -0.2) is 4.39 Å². The minimum atomic E-state index is -0.662. The van der Waals surface area contributed by atoms with Crippen molar-refractivity contribution in [2.75, 3.05) is 12.0 Å². The van der Waals surface area contributed by atoms with E-state index in [1.165, 1.54) is 30.2 Å². The van der Waals surface area contributed by atoms with Gasteiger partial charge in [0, 0.05) is 6.07 Å². The van der Waals surface area contributed by atoms with Gasteiger partial charge in [0.2, 0.25) is 11.8 Å². The zero-order valence-electron chi connectivity index (χ0n) is 12.4. The summed E-state index contributed by atoms with van der Waals surface area (Å²) in [5.74, 6) is -0.643. The third-order valence-corrected chi connectivity index (χ3v) is 3.60. The van der Waals surface area contributed by atoms with Crippen LogP contribution in [0, 0.1) is 5.82 Å². The molecule has 1 aliphatic rings. The monoisotopic (exact) mass is 294 g/mol. The van der Waals surface area contributed by atoms with E-state index in [0.29, 0.717) is 12.1 Å². The molecular weight excluding hydrogens is 275 g/mol. The van der Waals surface area contributed by atoms with Gasteiger partial charge in [-0.3, -0.25) is 14.5 Å². The van der Waals surface area contributed by atoms with E-state index in [-0.39, 0.29) is 17.6 Å². The Labute approximate surface area is 123 Å². The summed E-state index contributed by atoms with van der Waals surface area (Å²) in [5, 5.41) is 2.72. The molecule has 2 rings (SSSR count). The van der Waals surface area contributed by atoms with Crippen LogP contribution in [0.1, 0.15) is 26.7 Å². The first-order chi connectivity index (χ1) is 9.99. The van der Waals surface area contributed by atoms with E-state index >= 15 is 0 Å². The molecule has 1 saturated heterocycles. The maximum atomic E-state index is 13.3. The SMILES string of the molecule is CCCC1NC(=O)C(C)N(c2ccc(F)cc2OC)C1=O. The van der Waals surface area contributed by atoms with Crippen molar-refractivity contribution in [3.63, 3.8) is 0 Å². The number of benzene rings is 1. The lowest BCUT2D eigenvalue weighted by molar-refractivity contribution is -0.133. The lowest BCUT2D eigenvalue weighted by atomic mass is 10.0. The Balaban J connectivity index is 2.43. The van der Waals surface area contributed by atoms with Crippen LogP contribution in [0.25, 0.3) is 0 Å². The maximum Gasteiger partial charge on any atom is 0.250 e. The highest BCUT2D eigenvalue weighted by Gasteiger charge is 2.39. The third-order valence-electron chi connectivity index (χ3n) is 3.60. The van der Waals surface area contributed by atoms with E-state index in [9.17, 15) is 14.0 Å². The van der Waals surface area contributed by atoms with Crippen molar-refractivity contribution < 1.29 is 18.7 Å². The standard InChI is InChI=1S/C15H19FN2O3/c1-4-5-11-15(20)18(9(2)14(19)17-11)12-7-6-10(16)8-13(12)21-3/h6-9,11H,4-5H2,1-3H3,(H,17,19). The largest absolute Gasteiger partial charge is 0.494 e. The minimum absolute atomic E-state index is 0.200. The first kappa shape index (κ1) is 15.3. The van der Waals surface area contributed by atoms with Crippen molar-refractivity contribution in [3.8, 4) is 5.75 Å². The third kappa shape index (κ3) is 2.84. The van der Waals surface area contributed by atoms with Crippen molar-refractivity contribution >= 4 is 17.5 Å². The van der Waals surface area contributed by atoms with Gasteiger partial charge in [0.25, 0.3) is 0 Å². The molecule has 2 amide bonds. The second-order valence-corrected chi connectivity index (χ2v) is 5.05. The van der Waals surface area contributed by atoms with E-state index in [1.807, 2.05) is 6.92 Å². The van der Waals surface area contributed by atoms with Crippen LogP contribution in [0.3, 0.4) is 0 Å². The number of methoxy groups -OCH3 is 1. The number of hydrogen-bond donors (Lipinski definition) is 1. The minimum Gasteiger partial charge on any atom is -0.494 e. The zero-order valence-corrected chi connectivity index (χ0v) is 12.4. The van der Waals surface area contributed by atoms with Crippen molar-refractivity contribution in [1.29, 1.82) is 0 Å². The first-order valence-corrected chi connectivity index (χ1v) is 6.96. The molecule has 0 aromatic heterocycles. The number of ether oxygens (including phenoxy) is 1. The van der Waals surface area contributed by atoms with Crippen molar-refractivity contribution in [2.45, 2.75) is 38.8 Å². The number of amides is 2. The molecule has 5 nitrogen and oxygen atoms in total. The number of anilines is 1. The molecule has 114 valence electrons. The van der Waals surface area contributed by atoms with Crippen LogP contribution in [0.4, 0.5) is 10.1 Å². The summed E-state index contributed by atoms with van der Waals surface area (Å²) >= 11 is 0. The number of nitrogens with one attached hydrogen (secondary N) is 1. The van der Waals surface area contributed by atoms with Crippen molar-refractivity contribution in [1.82, 2.24) is 5.32 Å². The number of carbonyl (C=O) groups excluding carboxylic acids is 2. The molecule has 0 spiro atoms. The van der Waals surface area contributed by atoms with Gasteiger partial charge >= 0.3 is 0 Å². The lowest BCUT2D eigenvalue weighted by Crippen LogP contribution is -2.62. The van der Waals surface area contributed by atoms with Crippen molar-refractivity contribution in [2.24, 2.45) is 0 Å². The van der Waals surface area contributed by atoms with Gasteiger partial charge in [0.15, 0.2) is 0 Å². The predicted octanol–water partition coefficient (Wildman–Crippen LogP) is 1.85. The molecular formula is C15H19FN2O3. The van der Waals surface area contributed by atoms with Crippen LogP contribution in [-0.2, 0) is 9.59 Å². The average Bonchev–Trinajstić information content (AvgIpc) is 2.46. The molecule has 1 heterocycles. The number of rotatable bonds is 4. The van der Waals surface area contributed by atoms with E-state index in [2.05, 4.69) is 5.32 Å². The van der Waals surface area contributed by atoms with Gasteiger partial charge in [-0.05, 0) is 25.5 Å². The second-order valence-electron chi connectivity index (χ2n) is 5.05. The van der Waals surface area contributed by atoms with E-state index in [4.69, 9.17) is 4.74 Å². The average molecular weight is 294 g/mol. The van der Waals surface area contributed by atoms with Gasteiger partial charge in [0.05, 0.1) is 12.8 Å². The van der Waals surface area contributed by atoms with E-state index < -0.39 is 17.9 Å². The number of carbonyl (C=O) groups is 2. The quantitative estimate of drug-likeness (QED) is 0.922. The Hall–Kier alpha value is -2.11. The molecule has 1 aromatic carbocycles. The molecule has 0 aliphatic carbocycles. The van der Waals surface area contributed by atoms with Crippen molar-refractivity contribution in [3.05, 3.63) is 24.0 Å². The number of hydrogen-bond acceptors (Lipinski definition) is 3. The van der Waals surface area contributed by atoms with Crippen LogP contribution in [0.5, 0.6) is 5.75 Å². The summed E-state index contributed by atoms with van der Waals surface area (Å²) < 4.78 is 18.4. The fraction of sp³-hybridized carbons (Fsp3) is 0.467. The summed E-state index contributed by atoms with van der Waals surface area (Å²) in [7, 11) is 1.40. The Morgan fingerprint density at radius 1 is 1.38 bits per heavy atom. The zero-order chi connectivity index (χ0) is 15.6. The number of piperazine rings is 1. The highest BCUT2D eigenvalue weighted by molar-refractivity contribution is 6.08. The Kier molecular flexibility index (Phi) is 4.45. The summed E-state index contributed by atoms with van der Waals surface area (Å²) in [6.45, 7) is 3.58. The fourth-order valence-electron chi connectivity index (χ4n) is 2.49. The Morgan fingerprint density at radius 3 is 2.71 bits per heavy atom. The van der Waals surface area contributed by atoms with Gasteiger partial charge in [-0.1, -0.05) is 13.3 Å². The molecule has 0 saturated carbocycles. The van der Waals surface area contributed by atoms with Crippen LogP contribution < -0.4 is 15.0 Å². The van der Waals surface area contributed by atoms with Crippen LogP contribution in [0.2, 0.25) is 0 Å². The molecule has 21 heavy (non-hydrogen) atoms. The van der Waals surface area contributed by atoms with Gasteiger partial charge in [-0.2, -0.15) is 0 Å². The maximum absolute atomic E-state index is 13.3. The topological polar surface area (TPSA) is 58.6 Å². The second kappa shape index (κ2) is 6.11. The molecule has 0 bridgehead atoms. The first-order valence-electron chi connectivity index (χ1n) is 6.96. The highest BCUT2D eigenvalue weighted by Crippen LogP contribution is 2.32. The Bertz CT molecular complexity index is 562. The molecule has 6 heteroatoms. The van der Waals surface area contributed by atoms with Gasteiger partial charge in [-0.15, -0.1) is 0 Å². The molecule has 1 N–H and O–H groups in total. The van der Waals surface area contributed by atoms with Gasteiger partial charge < -0.3 is 10.1 Å². The summed E-state index contributed by atoms with van der Waals surface area (Å²) in [5.41, 5.74) is 0.410. The highest BCUT2D eigenvalue weighted by atomic mass is 19.1. The van der Waals surface area contributed by atoms with Crippen LogP contribution in [-0.4, -0.2) is 31.0 Å². The predicted molar refractivity (Wildman–Crippen MR) is 76.7 cm³/mol. The normalized spacial score (nSPS) is 22.2.